The average Bonchev–Trinajstić information content (AvgIpc) is 2.31. The number of rotatable bonds is 5. The number of nitrogens with zero attached hydrogens (tertiary/aromatic N) is 1. The Balaban J connectivity index is -0.000000439. The predicted molar refractivity (Wildman–Crippen MR) is 73.8 cm³/mol. The molecule has 0 aromatic heterocycles. The summed E-state index contributed by atoms with van der Waals surface area (Å²) in [6.45, 7) is 14.4. The van der Waals surface area contributed by atoms with E-state index in [2.05, 4.69) is 11.9 Å². The topological polar surface area (TPSA) is 69.6 Å². The zero-order chi connectivity index (χ0) is 14.5. The van der Waals surface area contributed by atoms with Crippen molar-refractivity contribution in [2.45, 2.75) is 27.7 Å². The standard InChI is InChI=1S/C7H15N2O3P.2C2H6/c1-4-9(11)7(10)5-8-6-13(2,3)12;2*1-2/h4,8,11H,1,5-6H2,2-3H3;2*1-2H3. The van der Waals surface area contributed by atoms with E-state index < -0.39 is 13.0 Å². The van der Waals surface area contributed by atoms with Crippen LogP contribution in [0.15, 0.2) is 12.8 Å². The highest BCUT2D eigenvalue weighted by Crippen LogP contribution is 2.33. The van der Waals surface area contributed by atoms with E-state index in [9.17, 15) is 9.36 Å². The van der Waals surface area contributed by atoms with Crippen molar-refractivity contribution in [1.82, 2.24) is 10.4 Å². The molecule has 0 saturated carbocycles. The summed E-state index contributed by atoms with van der Waals surface area (Å²) in [5.41, 5.74) is 0. The van der Waals surface area contributed by atoms with Gasteiger partial charge in [0.25, 0.3) is 5.91 Å². The number of nitrogens with one attached hydrogen (secondary N) is 1. The third kappa shape index (κ3) is 17.9. The predicted octanol–water partition coefficient (Wildman–Crippen LogP) is 2.57. The summed E-state index contributed by atoms with van der Waals surface area (Å²) in [4.78, 5) is 10.9. The molecule has 0 fully saturated rings. The first-order chi connectivity index (χ1) is 7.87. The maximum Gasteiger partial charge on any atom is 0.264 e. The van der Waals surface area contributed by atoms with Gasteiger partial charge in [0.2, 0.25) is 0 Å². The van der Waals surface area contributed by atoms with Gasteiger partial charge in [0.1, 0.15) is 0 Å². The summed E-state index contributed by atoms with van der Waals surface area (Å²) in [7, 11) is -2.15. The molecule has 0 aliphatic heterocycles. The summed E-state index contributed by atoms with van der Waals surface area (Å²) in [6, 6.07) is 0. The van der Waals surface area contributed by atoms with E-state index in [-0.39, 0.29) is 12.8 Å². The van der Waals surface area contributed by atoms with Crippen LogP contribution in [-0.2, 0) is 9.36 Å². The van der Waals surface area contributed by atoms with Crippen molar-refractivity contribution in [2.75, 3.05) is 26.2 Å². The third-order valence-electron chi connectivity index (χ3n) is 1.20. The van der Waals surface area contributed by atoms with Crippen LogP contribution in [0.1, 0.15) is 27.7 Å². The van der Waals surface area contributed by atoms with Crippen molar-refractivity contribution in [3.05, 3.63) is 12.8 Å². The molecule has 17 heavy (non-hydrogen) atoms. The first kappa shape index (κ1) is 21.6. The molecule has 2 N–H and O–H groups in total. The molecule has 0 heterocycles. The van der Waals surface area contributed by atoms with Gasteiger partial charge in [-0.15, -0.1) is 0 Å². The van der Waals surface area contributed by atoms with E-state index in [1.165, 1.54) is 0 Å². The van der Waals surface area contributed by atoms with Crippen molar-refractivity contribution < 1.29 is 14.6 Å². The van der Waals surface area contributed by atoms with Crippen LogP contribution < -0.4 is 5.32 Å². The lowest BCUT2D eigenvalue weighted by Gasteiger charge is -2.11. The lowest BCUT2D eigenvalue weighted by Crippen LogP contribution is -2.32. The molecule has 0 aromatic carbocycles. The zero-order valence-corrected chi connectivity index (χ0v) is 12.8. The van der Waals surface area contributed by atoms with Crippen LogP contribution in [0.3, 0.4) is 0 Å². The van der Waals surface area contributed by atoms with Crippen LogP contribution in [0.25, 0.3) is 0 Å². The lowest BCUT2D eigenvalue weighted by molar-refractivity contribution is -0.152. The van der Waals surface area contributed by atoms with Crippen LogP contribution in [0.4, 0.5) is 0 Å². The van der Waals surface area contributed by atoms with Crippen molar-refractivity contribution in [3.8, 4) is 0 Å². The molecule has 0 saturated heterocycles. The first-order valence-corrected chi connectivity index (χ1v) is 8.53. The molecule has 0 bridgehead atoms. The van der Waals surface area contributed by atoms with E-state index >= 15 is 0 Å². The zero-order valence-electron chi connectivity index (χ0n) is 11.9. The molecule has 5 nitrogen and oxygen atoms in total. The normalized spacial score (nSPS) is 9.12. The molecular formula is C11H27N2O3P. The van der Waals surface area contributed by atoms with E-state index in [1.54, 1.807) is 13.3 Å². The summed E-state index contributed by atoms with van der Waals surface area (Å²) in [5.74, 6) is -0.525. The highest BCUT2D eigenvalue weighted by atomic mass is 31.2. The number of hydrogen-bond acceptors (Lipinski definition) is 4. The van der Waals surface area contributed by atoms with Gasteiger partial charge < -0.3 is 9.88 Å². The Kier molecular flexibility index (Phi) is 17.1. The fourth-order valence-electron chi connectivity index (χ4n) is 0.615. The lowest BCUT2D eigenvalue weighted by atomic mass is 10.6. The molecule has 0 radical (unpaired) electrons. The van der Waals surface area contributed by atoms with Crippen molar-refractivity contribution in [2.24, 2.45) is 0 Å². The van der Waals surface area contributed by atoms with E-state index in [1.807, 2.05) is 27.7 Å². The van der Waals surface area contributed by atoms with E-state index in [0.717, 1.165) is 6.20 Å². The molecule has 6 heteroatoms. The van der Waals surface area contributed by atoms with Crippen LogP contribution in [-0.4, -0.2) is 42.3 Å². The third-order valence-corrected chi connectivity index (χ3v) is 2.18. The Hall–Kier alpha value is -0.640. The largest absolute Gasteiger partial charge is 0.323 e. The number of hydroxylamine groups is 2. The van der Waals surface area contributed by atoms with Gasteiger partial charge in [0, 0.05) is 12.5 Å². The van der Waals surface area contributed by atoms with Gasteiger partial charge in [-0.3, -0.25) is 10.0 Å². The molecule has 0 aromatic rings. The second kappa shape index (κ2) is 13.4. The molecule has 104 valence electrons. The minimum Gasteiger partial charge on any atom is -0.323 e. The molecule has 0 unspecified atom stereocenters. The van der Waals surface area contributed by atoms with Gasteiger partial charge in [-0.05, 0) is 13.3 Å². The van der Waals surface area contributed by atoms with Crippen molar-refractivity contribution in [1.29, 1.82) is 0 Å². The number of carbonyl (C=O) groups is 1. The van der Waals surface area contributed by atoms with Gasteiger partial charge in [-0.25, -0.2) is 0 Å². The molecular weight excluding hydrogens is 239 g/mol. The van der Waals surface area contributed by atoms with Crippen molar-refractivity contribution in [3.63, 3.8) is 0 Å². The summed E-state index contributed by atoms with van der Waals surface area (Å²) in [5, 5.41) is 11.9. The molecule has 0 aliphatic carbocycles. The van der Waals surface area contributed by atoms with E-state index in [0.29, 0.717) is 5.06 Å². The Morgan fingerprint density at radius 1 is 1.35 bits per heavy atom. The fourth-order valence-corrected chi connectivity index (χ4v) is 1.27. The van der Waals surface area contributed by atoms with Gasteiger partial charge in [0.05, 0.1) is 13.7 Å². The fraction of sp³-hybridized carbons (Fsp3) is 0.727. The SMILES string of the molecule is C=CN(O)C(=O)CNCP(C)(C)=O.CC.CC. The average molecular weight is 266 g/mol. The summed E-state index contributed by atoms with van der Waals surface area (Å²) < 4.78 is 11.2. The first-order valence-electron chi connectivity index (χ1n) is 5.75. The highest BCUT2D eigenvalue weighted by Gasteiger charge is 2.10. The summed E-state index contributed by atoms with van der Waals surface area (Å²) in [6.07, 6.45) is 1.28. The highest BCUT2D eigenvalue weighted by molar-refractivity contribution is 7.62. The monoisotopic (exact) mass is 266 g/mol. The van der Waals surface area contributed by atoms with Crippen LogP contribution >= 0.6 is 7.14 Å². The Labute approximate surface area is 105 Å². The molecule has 1 amide bonds. The van der Waals surface area contributed by atoms with Crippen molar-refractivity contribution >= 4 is 13.0 Å². The Bertz CT molecular complexity index is 239. The minimum absolute atomic E-state index is 0.0474. The number of hydrogen-bond donors (Lipinski definition) is 2. The van der Waals surface area contributed by atoms with Crippen LogP contribution in [0.5, 0.6) is 0 Å². The number of amides is 1. The maximum atomic E-state index is 11.2. The maximum absolute atomic E-state index is 11.2. The number of carbonyl (C=O) groups excluding carboxylic acids is 1. The molecule has 0 spiro atoms. The van der Waals surface area contributed by atoms with Gasteiger partial charge in [-0.2, -0.15) is 5.06 Å². The van der Waals surface area contributed by atoms with E-state index in [4.69, 9.17) is 5.21 Å². The van der Waals surface area contributed by atoms with Crippen LogP contribution in [0, 0.1) is 0 Å². The second-order valence-corrected chi connectivity index (χ2v) is 6.54. The second-order valence-electron chi connectivity index (χ2n) is 3.08. The summed E-state index contributed by atoms with van der Waals surface area (Å²) >= 11 is 0. The molecule has 0 aliphatic rings. The van der Waals surface area contributed by atoms with Crippen LogP contribution in [0.2, 0.25) is 0 Å². The Morgan fingerprint density at radius 2 is 1.76 bits per heavy atom. The molecule has 0 atom stereocenters. The quantitative estimate of drug-likeness (QED) is 0.456. The van der Waals surface area contributed by atoms with Gasteiger partial charge >= 0.3 is 0 Å². The molecule has 0 rings (SSSR count). The Morgan fingerprint density at radius 3 is 2.06 bits per heavy atom. The minimum atomic E-state index is -2.15. The smallest absolute Gasteiger partial charge is 0.264 e. The van der Waals surface area contributed by atoms with Gasteiger partial charge in [0.15, 0.2) is 0 Å². The van der Waals surface area contributed by atoms with Gasteiger partial charge in [-0.1, -0.05) is 34.3 Å².